The van der Waals surface area contributed by atoms with Crippen molar-refractivity contribution < 1.29 is 4.79 Å². The van der Waals surface area contributed by atoms with Crippen LogP contribution in [0.15, 0.2) is 12.1 Å². The minimum atomic E-state index is 0.0241. The van der Waals surface area contributed by atoms with Gasteiger partial charge >= 0.3 is 0 Å². The topological polar surface area (TPSA) is 34.9 Å². The van der Waals surface area contributed by atoms with E-state index in [-0.39, 0.29) is 12.2 Å². The van der Waals surface area contributed by atoms with Gasteiger partial charge in [-0.2, -0.15) is 5.10 Å². The zero-order chi connectivity index (χ0) is 14.0. The van der Waals surface area contributed by atoms with Crippen molar-refractivity contribution in [1.29, 1.82) is 0 Å². The van der Waals surface area contributed by atoms with Gasteiger partial charge in [-0.1, -0.05) is 30.1 Å². The van der Waals surface area contributed by atoms with Crippen LogP contribution < -0.4 is 0 Å². The molecule has 0 saturated heterocycles. The summed E-state index contributed by atoms with van der Waals surface area (Å²) in [7, 11) is 0. The summed E-state index contributed by atoms with van der Waals surface area (Å²) in [6.45, 7) is 4.69. The molecule has 3 nitrogen and oxygen atoms in total. The van der Waals surface area contributed by atoms with Crippen LogP contribution in [0.1, 0.15) is 34.9 Å². The van der Waals surface area contributed by atoms with Gasteiger partial charge in [0.2, 0.25) is 0 Å². The van der Waals surface area contributed by atoms with E-state index < -0.39 is 0 Å². The molecule has 0 fully saturated rings. The lowest BCUT2D eigenvalue weighted by Crippen LogP contribution is -2.09. The lowest BCUT2D eigenvalue weighted by Gasteiger charge is -2.03. The Labute approximate surface area is 126 Å². The van der Waals surface area contributed by atoms with Crippen LogP contribution in [0.25, 0.3) is 0 Å². The van der Waals surface area contributed by atoms with E-state index in [1.807, 2.05) is 13.8 Å². The van der Waals surface area contributed by atoms with Crippen molar-refractivity contribution in [2.24, 2.45) is 0 Å². The van der Waals surface area contributed by atoms with Crippen molar-refractivity contribution in [2.75, 3.05) is 0 Å². The Morgan fingerprint density at radius 2 is 2.11 bits per heavy atom. The summed E-state index contributed by atoms with van der Waals surface area (Å²) in [5, 5.41) is 5.02. The van der Waals surface area contributed by atoms with Crippen LogP contribution in [0.3, 0.4) is 0 Å². The maximum atomic E-state index is 12.2. The van der Waals surface area contributed by atoms with E-state index in [2.05, 4.69) is 5.10 Å². The van der Waals surface area contributed by atoms with Gasteiger partial charge in [-0.25, -0.2) is 0 Å². The molecule has 6 heteroatoms. The zero-order valence-corrected chi connectivity index (χ0v) is 13.1. The number of ketones is 1. The van der Waals surface area contributed by atoms with Crippen LogP contribution in [0, 0.1) is 0 Å². The Hall–Kier alpha value is -0.840. The molecule has 0 N–H and O–H groups in total. The van der Waals surface area contributed by atoms with Crippen molar-refractivity contribution in [3.05, 3.63) is 37.8 Å². The Morgan fingerprint density at radius 1 is 1.37 bits per heavy atom. The van der Waals surface area contributed by atoms with Crippen molar-refractivity contribution in [1.82, 2.24) is 9.78 Å². The highest BCUT2D eigenvalue weighted by Gasteiger charge is 2.19. The molecule has 0 amide bonds. The quantitative estimate of drug-likeness (QED) is 0.772. The van der Waals surface area contributed by atoms with Gasteiger partial charge in [0.15, 0.2) is 5.78 Å². The van der Waals surface area contributed by atoms with E-state index in [0.717, 1.165) is 17.8 Å². The van der Waals surface area contributed by atoms with Gasteiger partial charge in [0.05, 0.1) is 32.0 Å². The first kappa shape index (κ1) is 14.6. The molecule has 0 atom stereocenters. The first-order valence-corrected chi connectivity index (χ1v) is 7.66. The number of carbonyl (C=O) groups excluding carboxylic acids is 1. The minimum absolute atomic E-state index is 0.0241. The number of aromatic nitrogens is 2. The molecule has 2 heterocycles. The van der Waals surface area contributed by atoms with Crippen LogP contribution in [-0.2, 0) is 19.4 Å². The summed E-state index contributed by atoms with van der Waals surface area (Å²) < 4.78 is 2.42. The van der Waals surface area contributed by atoms with Crippen molar-refractivity contribution in [3.8, 4) is 0 Å². The third-order valence-corrected chi connectivity index (χ3v) is 4.58. The third kappa shape index (κ3) is 3.02. The highest BCUT2D eigenvalue weighted by Crippen LogP contribution is 2.26. The van der Waals surface area contributed by atoms with E-state index in [4.69, 9.17) is 23.2 Å². The number of thiophene rings is 1. The molecule has 2 aromatic rings. The zero-order valence-electron chi connectivity index (χ0n) is 10.7. The fourth-order valence-corrected chi connectivity index (χ4v) is 3.21. The van der Waals surface area contributed by atoms with Gasteiger partial charge in [0, 0.05) is 6.54 Å². The molecule has 0 aromatic carbocycles. The minimum Gasteiger partial charge on any atom is -0.293 e. The number of carbonyl (C=O) groups is 1. The molecule has 0 unspecified atom stereocenters. The molecule has 0 saturated carbocycles. The van der Waals surface area contributed by atoms with E-state index in [1.54, 1.807) is 16.8 Å². The summed E-state index contributed by atoms with van der Waals surface area (Å²) >= 11 is 13.4. The van der Waals surface area contributed by atoms with Gasteiger partial charge < -0.3 is 0 Å². The second kappa shape index (κ2) is 6.07. The number of nitrogens with zero attached hydrogens (tertiary/aromatic N) is 2. The van der Waals surface area contributed by atoms with E-state index >= 15 is 0 Å². The van der Waals surface area contributed by atoms with Crippen molar-refractivity contribution in [2.45, 2.75) is 33.2 Å². The van der Waals surface area contributed by atoms with E-state index in [0.29, 0.717) is 20.8 Å². The summed E-state index contributed by atoms with van der Waals surface area (Å²) in [6, 6.07) is 3.48. The molecule has 0 aliphatic heterocycles. The predicted octanol–water partition coefficient (Wildman–Crippen LogP) is 4.26. The van der Waals surface area contributed by atoms with Crippen LogP contribution in [0.5, 0.6) is 0 Å². The highest BCUT2D eigenvalue weighted by molar-refractivity contribution is 7.18. The van der Waals surface area contributed by atoms with Gasteiger partial charge in [0.25, 0.3) is 0 Å². The Bertz CT molecular complexity index is 604. The molecule has 0 aliphatic rings. The average molecular weight is 317 g/mol. The maximum absolute atomic E-state index is 12.2. The van der Waals surface area contributed by atoms with Crippen LogP contribution >= 0.6 is 34.5 Å². The number of rotatable bonds is 5. The van der Waals surface area contributed by atoms with Gasteiger partial charge in [-0.05, 0) is 25.5 Å². The summed E-state index contributed by atoms with van der Waals surface area (Å²) in [5.41, 5.74) is 1.63. The predicted molar refractivity (Wildman–Crippen MR) is 79.7 cm³/mol. The van der Waals surface area contributed by atoms with E-state index in [9.17, 15) is 4.79 Å². The van der Waals surface area contributed by atoms with Crippen LogP contribution in [-0.4, -0.2) is 15.6 Å². The lowest BCUT2D eigenvalue weighted by atomic mass is 10.1. The van der Waals surface area contributed by atoms with Gasteiger partial charge in [-0.15, -0.1) is 11.3 Å². The maximum Gasteiger partial charge on any atom is 0.178 e. The number of aryl methyl sites for hydroxylation is 2. The normalized spacial score (nSPS) is 10.9. The molecule has 19 heavy (non-hydrogen) atoms. The molecule has 102 valence electrons. The summed E-state index contributed by atoms with van der Waals surface area (Å²) in [5.74, 6) is 0.0241. The first-order chi connectivity index (χ1) is 9.06. The van der Waals surface area contributed by atoms with Crippen molar-refractivity contribution >= 4 is 40.3 Å². The largest absolute Gasteiger partial charge is 0.293 e. The average Bonchev–Trinajstić information content (AvgIpc) is 2.95. The number of Topliss-reactive ketones (excluding diaryl/α,β-unsaturated/α-hetero) is 1. The third-order valence-electron chi connectivity index (χ3n) is 2.87. The molecular weight excluding hydrogens is 303 g/mol. The van der Waals surface area contributed by atoms with Gasteiger partial charge in [-0.3, -0.25) is 9.48 Å². The second-order valence-electron chi connectivity index (χ2n) is 4.08. The summed E-state index contributed by atoms with van der Waals surface area (Å²) in [4.78, 5) is 12.9. The van der Waals surface area contributed by atoms with Crippen molar-refractivity contribution in [3.63, 3.8) is 0 Å². The Balaban J connectivity index is 2.28. The first-order valence-electron chi connectivity index (χ1n) is 6.09. The molecular formula is C13H14Cl2N2OS. The number of halogens is 2. The van der Waals surface area contributed by atoms with Crippen LogP contribution in [0.2, 0.25) is 9.36 Å². The molecule has 0 spiro atoms. The molecule has 2 aromatic heterocycles. The number of hydrogen-bond acceptors (Lipinski definition) is 3. The lowest BCUT2D eigenvalue weighted by molar-refractivity contribution is 0.0994. The molecule has 2 rings (SSSR count). The summed E-state index contributed by atoms with van der Waals surface area (Å²) in [6.07, 6.45) is 1.02. The van der Waals surface area contributed by atoms with E-state index in [1.165, 1.54) is 11.3 Å². The number of hydrogen-bond donors (Lipinski definition) is 0. The molecule has 0 aliphatic carbocycles. The van der Waals surface area contributed by atoms with Gasteiger partial charge in [0.1, 0.15) is 0 Å². The fraction of sp³-hybridized carbons (Fsp3) is 0.385. The molecule has 0 radical (unpaired) electrons. The van der Waals surface area contributed by atoms with Crippen LogP contribution in [0.4, 0.5) is 0 Å². The SMILES string of the molecule is CCc1nn(CC)c(CC(=O)c2ccc(Cl)s2)c1Cl. The smallest absolute Gasteiger partial charge is 0.178 e. The Morgan fingerprint density at radius 3 is 2.63 bits per heavy atom. The molecule has 0 bridgehead atoms. The highest BCUT2D eigenvalue weighted by atomic mass is 35.5. The Kier molecular flexibility index (Phi) is 4.66. The monoisotopic (exact) mass is 316 g/mol. The standard InChI is InChI=1S/C13H14Cl2N2OS/c1-3-8-13(15)9(17(4-2)16-8)7-10(18)11-5-6-12(14)19-11/h5-6H,3-4,7H2,1-2H3. The fourth-order valence-electron chi connectivity index (χ4n) is 1.89. The second-order valence-corrected chi connectivity index (χ2v) is 6.17.